The summed E-state index contributed by atoms with van der Waals surface area (Å²) in [6, 6.07) is 12.2. The molecule has 2 aromatic heterocycles. The highest BCUT2D eigenvalue weighted by Gasteiger charge is 2.32. The van der Waals surface area contributed by atoms with Crippen molar-refractivity contribution in [1.29, 1.82) is 0 Å². The lowest BCUT2D eigenvalue weighted by atomic mass is 10.00. The number of methoxy groups -OCH3 is 1. The highest BCUT2D eigenvalue weighted by Crippen LogP contribution is 2.29. The highest BCUT2D eigenvalue weighted by molar-refractivity contribution is 5.83. The average Bonchev–Trinajstić information content (AvgIpc) is 3.33. The van der Waals surface area contributed by atoms with Crippen molar-refractivity contribution in [3.05, 3.63) is 81.2 Å². The van der Waals surface area contributed by atoms with Crippen molar-refractivity contribution >= 4 is 16.6 Å². The minimum atomic E-state index is -0.429. The van der Waals surface area contributed by atoms with E-state index in [9.17, 15) is 9.18 Å². The number of rotatable bonds is 7. The van der Waals surface area contributed by atoms with Crippen molar-refractivity contribution in [2.24, 2.45) is 0 Å². The summed E-state index contributed by atoms with van der Waals surface area (Å²) in [6.07, 6.45) is 0. The first-order chi connectivity index (χ1) is 17.4. The van der Waals surface area contributed by atoms with E-state index in [0.29, 0.717) is 37.6 Å². The molecule has 1 saturated heterocycles. The third-order valence-electron chi connectivity index (χ3n) is 6.80. The van der Waals surface area contributed by atoms with E-state index in [1.807, 2.05) is 13.0 Å². The lowest BCUT2D eigenvalue weighted by Crippen LogP contribution is -2.49. The van der Waals surface area contributed by atoms with Gasteiger partial charge < -0.3 is 14.6 Å². The average molecular weight is 492 g/mol. The number of aromatic nitrogens is 5. The minimum absolute atomic E-state index is 0.151. The van der Waals surface area contributed by atoms with Gasteiger partial charge in [0.1, 0.15) is 11.9 Å². The molecule has 1 atom stereocenters. The summed E-state index contributed by atoms with van der Waals surface area (Å²) in [4.78, 5) is 21.0. The second kappa shape index (κ2) is 10.2. The SMILES string of the molecule is COCCn1nnnc1C(c1cc2cc(C)cc(C)c2[nH]c1=O)N1CCN(c2ccc(F)cc2)CC1. The maximum Gasteiger partial charge on any atom is 0.253 e. The summed E-state index contributed by atoms with van der Waals surface area (Å²) in [7, 11) is 1.63. The predicted octanol–water partition coefficient (Wildman–Crippen LogP) is 2.83. The van der Waals surface area contributed by atoms with Crippen LogP contribution in [0.15, 0.2) is 47.3 Å². The van der Waals surface area contributed by atoms with E-state index in [4.69, 9.17) is 4.74 Å². The molecule has 3 heterocycles. The number of fused-ring (bicyclic) bond motifs is 1. The summed E-state index contributed by atoms with van der Waals surface area (Å²) in [6.45, 7) is 7.81. The standard InChI is InChI=1S/C26H30FN7O2/c1-17-14-18(2)23-19(15-17)16-22(26(35)28-23)24(25-29-30-31-34(25)12-13-36-3)33-10-8-32(9-11-33)21-6-4-20(27)5-7-21/h4-7,14-16,24H,8-13H2,1-3H3,(H,28,35). The number of anilines is 1. The molecule has 1 unspecified atom stereocenters. The Hall–Kier alpha value is -3.63. The van der Waals surface area contributed by atoms with Gasteiger partial charge in [-0.15, -0.1) is 5.10 Å². The lowest BCUT2D eigenvalue weighted by molar-refractivity contribution is 0.171. The Morgan fingerprint density at radius 1 is 1.08 bits per heavy atom. The van der Waals surface area contributed by atoms with Gasteiger partial charge in [-0.3, -0.25) is 9.69 Å². The Kier molecular flexibility index (Phi) is 6.80. The molecule has 0 amide bonds. The summed E-state index contributed by atoms with van der Waals surface area (Å²) >= 11 is 0. The topological polar surface area (TPSA) is 92.2 Å². The van der Waals surface area contributed by atoms with E-state index >= 15 is 0 Å². The summed E-state index contributed by atoms with van der Waals surface area (Å²) in [5.41, 5.74) is 4.44. The minimum Gasteiger partial charge on any atom is -0.383 e. The van der Waals surface area contributed by atoms with E-state index in [1.165, 1.54) is 12.1 Å². The molecular weight excluding hydrogens is 461 g/mol. The molecule has 0 spiro atoms. The van der Waals surface area contributed by atoms with E-state index in [0.717, 1.165) is 40.8 Å². The molecule has 188 valence electrons. The molecule has 1 fully saturated rings. The van der Waals surface area contributed by atoms with Crippen molar-refractivity contribution in [3.8, 4) is 0 Å². The number of pyridine rings is 1. The molecule has 0 aliphatic carbocycles. The summed E-state index contributed by atoms with van der Waals surface area (Å²) in [5, 5.41) is 13.4. The molecule has 1 aliphatic rings. The van der Waals surface area contributed by atoms with E-state index in [2.05, 4.69) is 49.4 Å². The van der Waals surface area contributed by atoms with E-state index in [-0.39, 0.29) is 11.4 Å². The van der Waals surface area contributed by atoms with Gasteiger partial charge in [-0.05, 0) is 71.6 Å². The van der Waals surface area contributed by atoms with Crippen molar-refractivity contribution in [3.63, 3.8) is 0 Å². The number of halogens is 1. The van der Waals surface area contributed by atoms with Gasteiger partial charge in [-0.25, -0.2) is 9.07 Å². The van der Waals surface area contributed by atoms with Gasteiger partial charge in [0.2, 0.25) is 0 Å². The van der Waals surface area contributed by atoms with Crippen molar-refractivity contribution in [2.45, 2.75) is 26.4 Å². The van der Waals surface area contributed by atoms with Crippen LogP contribution in [-0.4, -0.2) is 70.0 Å². The monoisotopic (exact) mass is 491 g/mol. The molecule has 10 heteroatoms. The van der Waals surface area contributed by atoms with Gasteiger partial charge in [0.05, 0.1) is 18.7 Å². The second-order valence-corrected chi connectivity index (χ2v) is 9.25. The van der Waals surface area contributed by atoms with Crippen LogP contribution in [-0.2, 0) is 11.3 Å². The van der Waals surface area contributed by atoms with E-state index < -0.39 is 6.04 Å². The molecule has 0 bridgehead atoms. The molecule has 9 nitrogen and oxygen atoms in total. The Morgan fingerprint density at radius 2 is 1.83 bits per heavy atom. The van der Waals surface area contributed by atoms with Crippen molar-refractivity contribution in [2.75, 3.05) is 44.8 Å². The van der Waals surface area contributed by atoms with Gasteiger partial charge in [0, 0.05) is 44.5 Å². The molecule has 5 rings (SSSR count). The molecule has 4 aromatic rings. The number of hydrogen-bond acceptors (Lipinski definition) is 7. The number of nitrogens with zero attached hydrogens (tertiary/aromatic N) is 6. The Bertz CT molecular complexity index is 1410. The third kappa shape index (κ3) is 4.74. The highest BCUT2D eigenvalue weighted by atomic mass is 19.1. The smallest absolute Gasteiger partial charge is 0.253 e. The molecule has 0 radical (unpaired) electrons. The quantitative estimate of drug-likeness (QED) is 0.425. The first-order valence-electron chi connectivity index (χ1n) is 12.1. The normalized spacial score (nSPS) is 15.5. The second-order valence-electron chi connectivity index (χ2n) is 9.25. The number of ether oxygens (including phenoxy) is 1. The number of piperazine rings is 1. The van der Waals surface area contributed by atoms with Crippen LogP contribution in [0.3, 0.4) is 0 Å². The maximum atomic E-state index is 13.5. The number of benzene rings is 2. The largest absolute Gasteiger partial charge is 0.383 e. The Balaban J connectivity index is 1.53. The van der Waals surface area contributed by atoms with Crippen LogP contribution >= 0.6 is 0 Å². The zero-order valence-electron chi connectivity index (χ0n) is 20.7. The molecule has 1 aliphatic heterocycles. The number of nitrogens with one attached hydrogen (secondary N) is 1. The zero-order valence-corrected chi connectivity index (χ0v) is 20.7. The Morgan fingerprint density at radius 3 is 2.56 bits per heavy atom. The van der Waals surface area contributed by atoms with Crippen molar-refractivity contribution in [1.82, 2.24) is 30.1 Å². The van der Waals surface area contributed by atoms with Gasteiger partial charge in [-0.1, -0.05) is 11.6 Å². The molecule has 36 heavy (non-hydrogen) atoms. The fourth-order valence-corrected chi connectivity index (χ4v) is 5.04. The fourth-order valence-electron chi connectivity index (χ4n) is 5.04. The number of H-pyrrole nitrogens is 1. The van der Waals surface area contributed by atoms with Gasteiger partial charge >= 0.3 is 0 Å². The van der Waals surface area contributed by atoms with Crippen LogP contribution in [0, 0.1) is 19.7 Å². The molecule has 1 N–H and O–H groups in total. The first kappa shape index (κ1) is 24.1. The number of tetrazole rings is 1. The van der Waals surface area contributed by atoms with Crippen molar-refractivity contribution < 1.29 is 9.13 Å². The van der Waals surface area contributed by atoms with Crippen LogP contribution in [0.25, 0.3) is 10.9 Å². The fraction of sp³-hybridized carbons (Fsp3) is 0.385. The van der Waals surface area contributed by atoms with Gasteiger partial charge in [-0.2, -0.15) is 0 Å². The van der Waals surface area contributed by atoms with Crippen LogP contribution in [0.4, 0.5) is 10.1 Å². The number of aryl methyl sites for hydroxylation is 2. The Labute approximate surface area is 208 Å². The summed E-state index contributed by atoms with van der Waals surface area (Å²) in [5.74, 6) is 0.359. The van der Waals surface area contributed by atoms with Crippen LogP contribution in [0.1, 0.15) is 28.6 Å². The molecule has 2 aromatic carbocycles. The molecular formula is C26H30FN7O2. The van der Waals surface area contributed by atoms with Crippen LogP contribution in [0.5, 0.6) is 0 Å². The maximum absolute atomic E-state index is 13.5. The van der Waals surface area contributed by atoms with Gasteiger partial charge in [0.15, 0.2) is 5.82 Å². The van der Waals surface area contributed by atoms with E-state index in [1.54, 1.807) is 23.9 Å². The third-order valence-corrected chi connectivity index (χ3v) is 6.80. The van der Waals surface area contributed by atoms with Crippen LogP contribution < -0.4 is 10.5 Å². The predicted molar refractivity (Wildman–Crippen MR) is 136 cm³/mol. The zero-order chi connectivity index (χ0) is 25.2. The number of hydrogen-bond donors (Lipinski definition) is 1. The van der Waals surface area contributed by atoms with Gasteiger partial charge in [0.25, 0.3) is 5.56 Å². The van der Waals surface area contributed by atoms with Crippen LogP contribution in [0.2, 0.25) is 0 Å². The lowest BCUT2D eigenvalue weighted by Gasteiger charge is -2.39. The summed E-state index contributed by atoms with van der Waals surface area (Å²) < 4.78 is 20.4. The first-order valence-corrected chi connectivity index (χ1v) is 12.1. The molecule has 0 saturated carbocycles. The number of aromatic amines is 1.